The lowest BCUT2D eigenvalue weighted by atomic mass is 10.2. The molecule has 1 N–H and O–H groups in total. The first kappa shape index (κ1) is 15.1. The standard InChI is InChI=1S/C7H8O.C6H4N2O4/c1-6-2-4-7(8)5-3-6;9-7(10)5-3-1-2-4-6(5)8(11)12/h2-5,8H,1H3;1-4H. The molecule has 2 rings (SSSR count). The third-order valence-electron chi connectivity index (χ3n) is 2.31. The zero-order valence-electron chi connectivity index (χ0n) is 10.6. The zero-order chi connectivity index (χ0) is 15.1. The van der Waals surface area contributed by atoms with Crippen LogP contribution in [-0.4, -0.2) is 15.0 Å². The molecule has 0 atom stereocenters. The van der Waals surface area contributed by atoms with Gasteiger partial charge in [0.2, 0.25) is 0 Å². The average molecular weight is 276 g/mol. The summed E-state index contributed by atoms with van der Waals surface area (Å²) in [5.74, 6) is 0.329. The van der Waals surface area contributed by atoms with E-state index in [0.717, 1.165) is 12.1 Å². The maximum absolute atomic E-state index is 10.2. The topological polar surface area (TPSA) is 107 Å². The van der Waals surface area contributed by atoms with Crippen LogP contribution in [0.1, 0.15) is 5.56 Å². The fourth-order valence-electron chi connectivity index (χ4n) is 1.32. The van der Waals surface area contributed by atoms with Crippen molar-refractivity contribution in [3.8, 4) is 5.75 Å². The van der Waals surface area contributed by atoms with E-state index in [1.807, 2.05) is 19.1 Å². The monoisotopic (exact) mass is 276 g/mol. The number of phenols is 1. The third-order valence-corrected chi connectivity index (χ3v) is 2.31. The molecule has 0 saturated heterocycles. The number of phenolic OH excluding ortho intramolecular Hbond substituents is 1. The molecule has 0 aliphatic rings. The second-order valence-corrected chi connectivity index (χ2v) is 3.84. The summed E-state index contributed by atoms with van der Waals surface area (Å²) in [6.45, 7) is 1.99. The van der Waals surface area contributed by atoms with Crippen LogP contribution in [0.5, 0.6) is 5.75 Å². The molecule has 0 bridgehead atoms. The van der Waals surface area contributed by atoms with Gasteiger partial charge in [-0.3, -0.25) is 20.2 Å². The first-order valence-corrected chi connectivity index (χ1v) is 5.55. The van der Waals surface area contributed by atoms with Gasteiger partial charge in [-0.15, -0.1) is 0 Å². The Balaban J connectivity index is 0.000000217. The average Bonchev–Trinajstić information content (AvgIpc) is 2.42. The predicted octanol–water partition coefficient (Wildman–Crippen LogP) is 3.20. The van der Waals surface area contributed by atoms with Crippen molar-refractivity contribution in [3.63, 3.8) is 0 Å². The molecule has 0 aromatic heterocycles. The Morgan fingerprint density at radius 1 is 0.850 bits per heavy atom. The number of rotatable bonds is 2. The molecule has 0 radical (unpaired) electrons. The number of hydrogen-bond acceptors (Lipinski definition) is 5. The van der Waals surface area contributed by atoms with Crippen LogP contribution in [0.15, 0.2) is 48.5 Å². The van der Waals surface area contributed by atoms with E-state index in [4.69, 9.17) is 5.11 Å². The van der Waals surface area contributed by atoms with E-state index >= 15 is 0 Å². The van der Waals surface area contributed by atoms with E-state index in [-0.39, 0.29) is 0 Å². The molecule has 7 heteroatoms. The van der Waals surface area contributed by atoms with Gasteiger partial charge in [-0.05, 0) is 19.1 Å². The molecular formula is C13H12N2O5. The number of para-hydroxylation sites is 2. The number of aryl methyl sites for hydroxylation is 1. The molecule has 7 nitrogen and oxygen atoms in total. The highest BCUT2D eigenvalue weighted by molar-refractivity contribution is 5.51. The third kappa shape index (κ3) is 4.37. The Hall–Kier alpha value is -2.96. The van der Waals surface area contributed by atoms with Crippen LogP contribution in [0.4, 0.5) is 11.4 Å². The van der Waals surface area contributed by atoms with E-state index in [0.29, 0.717) is 5.75 Å². The van der Waals surface area contributed by atoms with Crippen LogP contribution in [0, 0.1) is 27.2 Å². The van der Waals surface area contributed by atoms with Crippen molar-refractivity contribution in [2.75, 3.05) is 0 Å². The SMILES string of the molecule is Cc1ccc(O)cc1.O=[N+]([O-])c1ccccc1[N+](=O)[O-]. The lowest BCUT2D eigenvalue weighted by Gasteiger charge is -1.91. The van der Waals surface area contributed by atoms with Crippen LogP contribution in [0.3, 0.4) is 0 Å². The molecule has 2 aromatic rings. The summed E-state index contributed by atoms with van der Waals surface area (Å²) < 4.78 is 0. The Bertz CT molecular complexity index is 556. The maximum Gasteiger partial charge on any atom is 0.346 e. The van der Waals surface area contributed by atoms with Gasteiger partial charge >= 0.3 is 11.4 Å². The predicted molar refractivity (Wildman–Crippen MR) is 72.6 cm³/mol. The van der Waals surface area contributed by atoms with Crippen molar-refractivity contribution in [3.05, 3.63) is 74.3 Å². The van der Waals surface area contributed by atoms with Crippen molar-refractivity contribution in [1.29, 1.82) is 0 Å². The Kier molecular flexibility index (Phi) is 5.16. The second kappa shape index (κ2) is 6.83. The molecule has 20 heavy (non-hydrogen) atoms. The van der Waals surface area contributed by atoms with Crippen LogP contribution >= 0.6 is 0 Å². The first-order valence-electron chi connectivity index (χ1n) is 5.55. The summed E-state index contributed by atoms with van der Waals surface area (Å²) >= 11 is 0. The van der Waals surface area contributed by atoms with Gasteiger partial charge in [0.1, 0.15) is 5.75 Å². The molecule has 2 aromatic carbocycles. The van der Waals surface area contributed by atoms with Crippen LogP contribution in [0.2, 0.25) is 0 Å². The van der Waals surface area contributed by atoms with Crippen LogP contribution < -0.4 is 0 Å². The summed E-state index contributed by atoms with van der Waals surface area (Å²) in [5, 5.41) is 29.2. The Morgan fingerprint density at radius 2 is 1.25 bits per heavy atom. The summed E-state index contributed by atoms with van der Waals surface area (Å²) in [4.78, 5) is 18.9. The van der Waals surface area contributed by atoms with Gasteiger partial charge in [0, 0.05) is 12.1 Å². The van der Waals surface area contributed by atoms with Gasteiger partial charge in [-0.2, -0.15) is 0 Å². The van der Waals surface area contributed by atoms with Gasteiger partial charge in [0.05, 0.1) is 9.85 Å². The molecule has 0 amide bonds. The lowest BCUT2D eigenvalue weighted by molar-refractivity contribution is -0.422. The quantitative estimate of drug-likeness (QED) is 0.669. The Morgan fingerprint density at radius 3 is 1.55 bits per heavy atom. The minimum absolute atomic E-state index is 0.329. The summed E-state index contributed by atoms with van der Waals surface area (Å²) in [7, 11) is 0. The fraction of sp³-hybridized carbons (Fsp3) is 0.0769. The van der Waals surface area contributed by atoms with E-state index < -0.39 is 21.2 Å². The number of nitro groups is 2. The smallest absolute Gasteiger partial charge is 0.346 e. The molecule has 104 valence electrons. The number of hydrogen-bond donors (Lipinski definition) is 1. The summed E-state index contributed by atoms with van der Waals surface area (Å²) in [5.41, 5.74) is 0.202. The molecule has 0 spiro atoms. The molecule has 0 aliphatic carbocycles. The van der Waals surface area contributed by atoms with Crippen molar-refractivity contribution in [2.24, 2.45) is 0 Å². The first-order chi connectivity index (χ1) is 9.41. The molecule has 0 aliphatic heterocycles. The number of aromatic hydroxyl groups is 1. The molecule has 0 saturated carbocycles. The summed E-state index contributed by atoms with van der Waals surface area (Å²) in [6.07, 6.45) is 0. The highest BCUT2D eigenvalue weighted by Gasteiger charge is 2.21. The molecular weight excluding hydrogens is 264 g/mol. The fourth-order valence-corrected chi connectivity index (χ4v) is 1.32. The van der Waals surface area contributed by atoms with E-state index in [9.17, 15) is 20.2 Å². The maximum atomic E-state index is 10.2. The molecule has 0 heterocycles. The van der Waals surface area contributed by atoms with Gasteiger partial charge < -0.3 is 5.11 Å². The molecule has 0 unspecified atom stereocenters. The summed E-state index contributed by atoms with van der Waals surface area (Å²) in [6, 6.07) is 12.0. The van der Waals surface area contributed by atoms with Crippen molar-refractivity contribution in [2.45, 2.75) is 6.92 Å². The highest BCUT2D eigenvalue weighted by atomic mass is 16.6. The van der Waals surface area contributed by atoms with Crippen LogP contribution in [0.25, 0.3) is 0 Å². The van der Waals surface area contributed by atoms with Crippen molar-refractivity contribution < 1.29 is 15.0 Å². The zero-order valence-corrected chi connectivity index (χ0v) is 10.6. The lowest BCUT2D eigenvalue weighted by Crippen LogP contribution is -1.95. The van der Waals surface area contributed by atoms with Crippen molar-refractivity contribution >= 4 is 11.4 Å². The van der Waals surface area contributed by atoms with Gasteiger partial charge in [-0.25, -0.2) is 0 Å². The minimum atomic E-state index is -0.780. The largest absolute Gasteiger partial charge is 0.508 e. The van der Waals surface area contributed by atoms with Gasteiger partial charge in [0.15, 0.2) is 0 Å². The van der Waals surface area contributed by atoms with Gasteiger partial charge in [0.25, 0.3) is 0 Å². The number of benzene rings is 2. The highest BCUT2D eigenvalue weighted by Crippen LogP contribution is 2.24. The second-order valence-electron chi connectivity index (χ2n) is 3.84. The van der Waals surface area contributed by atoms with E-state index in [1.165, 1.54) is 17.7 Å². The number of nitrogens with zero attached hydrogens (tertiary/aromatic N) is 2. The number of nitro benzene ring substituents is 2. The van der Waals surface area contributed by atoms with Crippen LogP contribution in [-0.2, 0) is 0 Å². The Labute approximate surface area is 114 Å². The van der Waals surface area contributed by atoms with Gasteiger partial charge in [-0.1, -0.05) is 29.8 Å². The van der Waals surface area contributed by atoms with E-state index in [1.54, 1.807) is 12.1 Å². The van der Waals surface area contributed by atoms with E-state index in [2.05, 4.69) is 0 Å². The normalized spacial score (nSPS) is 9.25. The minimum Gasteiger partial charge on any atom is -0.508 e. The molecule has 0 fully saturated rings. The van der Waals surface area contributed by atoms with Crippen molar-refractivity contribution in [1.82, 2.24) is 0 Å².